The van der Waals surface area contributed by atoms with Crippen molar-refractivity contribution in [1.82, 2.24) is 5.32 Å². The summed E-state index contributed by atoms with van der Waals surface area (Å²) in [6.45, 7) is 2.64. The van der Waals surface area contributed by atoms with Crippen LogP contribution in [0.4, 0.5) is 0 Å². The van der Waals surface area contributed by atoms with E-state index >= 15 is 0 Å². The van der Waals surface area contributed by atoms with Gasteiger partial charge in [0.25, 0.3) is 0 Å². The molecule has 1 rings (SSSR count). The third-order valence-corrected chi connectivity index (χ3v) is 3.29. The van der Waals surface area contributed by atoms with Crippen molar-refractivity contribution in [3.05, 3.63) is 29.8 Å². The molecule has 0 heterocycles. The van der Waals surface area contributed by atoms with Gasteiger partial charge in [-0.25, -0.2) is 0 Å². The van der Waals surface area contributed by atoms with Gasteiger partial charge >= 0.3 is 0 Å². The molecule has 1 amide bonds. The Morgan fingerprint density at radius 2 is 2.05 bits per heavy atom. The predicted octanol–water partition coefficient (Wildman–Crippen LogP) is 3.15. The lowest BCUT2D eigenvalue weighted by Crippen LogP contribution is -2.29. The van der Waals surface area contributed by atoms with E-state index in [-0.39, 0.29) is 11.3 Å². The lowest BCUT2D eigenvalue weighted by Gasteiger charge is -2.09. The molecule has 1 atom stereocenters. The Bertz CT molecular complexity index is 378. The van der Waals surface area contributed by atoms with Crippen LogP contribution in [0, 0.1) is 0 Å². The Balaban J connectivity index is 2.25. The zero-order valence-electron chi connectivity index (χ0n) is 11.6. The molecule has 106 valence electrons. The number of hydrogen-bond donors (Lipinski definition) is 1. The molecule has 0 saturated heterocycles. The number of methoxy groups -OCH3 is 1. The van der Waals surface area contributed by atoms with Crippen LogP contribution in [-0.2, 0) is 11.2 Å². The summed E-state index contributed by atoms with van der Waals surface area (Å²) in [4.78, 5) is 11.7. The normalized spacial score (nSPS) is 11.9. The number of halogens is 1. The molecular formula is C15H22ClNO2. The third kappa shape index (κ3) is 6.48. The van der Waals surface area contributed by atoms with E-state index in [1.165, 1.54) is 0 Å². The molecule has 0 saturated carbocycles. The highest BCUT2D eigenvalue weighted by atomic mass is 35.5. The maximum Gasteiger partial charge on any atom is 0.220 e. The molecule has 1 unspecified atom stereocenters. The minimum atomic E-state index is 0.0370. The molecule has 1 aromatic rings. The predicted molar refractivity (Wildman–Crippen MR) is 78.9 cm³/mol. The number of benzene rings is 1. The Morgan fingerprint density at radius 3 is 2.63 bits per heavy atom. The zero-order valence-corrected chi connectivity index (χ0v) is 12.4. The summed E-state index contributed by atoms with van der Waals surface area (Å²) in [5.41, 5.74) is 1.13. The quantitative estimate of drug-likeness (QED) is 0.744. The van der Waals surface area contributed by atoms with Crippen LogP contribution in [-0.4, -0.2) is 24.9 Å². The van der Waals surface area contributed by atoms with Crippen LogP contribution in [0.2, 0.25) is 0 Å². The number of nitrogens with one attached hydrogen (secondary N) is 1. The second-order valence-corrected chi connectivity index (χ2v) is 5.16. The first kappa shape index (κ1) is 15.8. The molecule has 19 heavy (non-hydrogen) atoms. The number of rotatable bonds is 8. The van der Waals surface area contributed by atoms with Crippen molar-refractivity contribution in [1.29, 1.82) is 0 Å². The van der Waals surface area contributed by atoms with Crippen LogP contribution in [0.1, 0.15) is 31.7 Å². The molecular weight excluding hydrogens is 262 g/mol. The van der Waals surface area contributed by atoms with Crippen molar-refractivity contribution >= 4 is 17.5 Å². The van der Waals surface area contributed by atoms with E-state index in [0.29, 0.717) is 13.0 Å². The van der Waals surface area contributed by atoms with Crippen molar-refractivity contribution in [3.63, 3.8) is 0 Å². The molecule has 0 aliphatic carbocycles. The molecule has 0 aromatic heterocycles. The molecule has 1 N–H and O–H groups in total. The number of amides is 1. The summed E-state index contributed by atoms with van der Waals surface area (Å²) < 4.78 is 5.09. The van der Waals surface area contributed by atoms with Crippen LogP contribution in [0.15, 0.2) is 24.3 Å². The number of carbonyl (C=O) groups excluding carboxylic acids is 1. The van der Waals surface area contributed by atoms with Gasteiger partial charge in [-0.05, 0) is 30.5 Å². The van der Waals surface area contributed by atoms with Gasteiger partial charge in [0.05, 0.1) is 12.5 Å². The smallest absolute Gasteiger partial charge is 0.220 e. The lowest BCUT2D eigenvalue weighted by molar-refractivity contribution is -0.121. The third-order valence-electron chi connectivity index (χ3n) is 2.92. The van der Waals surface area contributed by atoms with Crippen LogP contribution in [0.5, 0.6) is 5.75 Å². The van der Waals surface area contributed by atoms with Crippen molar-refractivity contribution < 1.29 is 9.53 Å². The maximum atomic E-state index is 11.7. The average Bonchev–Trinajstić information content (AvgIpc) is 2.44. The van der Waals surface area contributed by atoms with Gasteiger partial charge in [0, 0.05) is 13.0 Å². The topological polar surface area (TPSA) is 38.3 Å². The average molecular weight is 284 g/mol. The van der Waals surface area contributed by atoms with Gasteiger partial charge < -0.3 is 10.1 Å². The second-order valence-electron chi connectivity index (χ2n) is 4.54. The van der Waals surface area contributed by atoms with Gasteiger partial charge in [-0.15, -0.1) is 11.6 Å². The molecule has 1 aromatic carbocycles. The Kier molecular flexibility index (Phi) is 7.34. The largest absolute Gasteiger partial charge is 0.497 e. The SMILES string of the molecule is CCCC(Cl)CNC(=O)CCc1ccc(OC)cc1. The van der Waals surface area contributed by atoms with E-state index in [1.54, 1.807) is 7.11 Å². The summed E-state index contributed by atoms with van der Waals surface area (Å²) in [7, 11) is 1.64. The molecule has 3 nitrogen and oxygen atoms in total. The van der Waals surface area contributed by atoms with Crippen LogP contribution >= 0.6 is 11.6 Å². The van der Waals surface area contributed by atoms with Crippen LogP contribution < -0.4 is 10.1 Å². The van der Waals surface area contributed by atoms with Crippen LogP contribution in [0.25, 0.3) is 0 Å². The van der Waals surface area contributed by atoms with Crippen LogP contribution in [0.3, 0.4) is 0 Å². The van der Waals surface area contributed by atoms with Gasteiger partial charge in [-0.2, -0.15) is 0 Å². The van der Waals surface area contributed by atoms with Crippen molar-refractivity contribution in [2.24, 2.45) is 0 Å². The lowest BCUT2D eigenvalue weighted by atomic mass is 10.1. The second kappa shape index (κ2) is 8.81. The number of aryl methyl sites for hydroxylation is 1. The van der Waals surface area contributed by atoms with E-state index in [2.05, 4.69) is 12.2 Å². The summed E-state index contributed by atoms with van der Waals surface area (Å²) in [6.07, 6.45) is 3.19. The highest BCUT2D eigenvalue weighted by Gasteiger charge is 2.06. The van der Waals surface area contributed by atoms with Gasteiger partial charge in [-0.1, -0.05) is 25.5 Å². The monoisotopic (exact) mass is 283 g/mol. The van der Waals surface area contributed by atoms with Gasteiger partial charge in [0.15, 0.2) is 0 Å². The van der Waals surface area contributed by atoms with E-state index in [4.69, 9.17) is 16.3 Å². The Labute approximate surface area is 120 Å². The Morgan fingerprint density at radius 1 is 1.37 bits per heavy atom. The van der Waals surface area contributed by atoms with Gasteiger partial charge in [-0.3, -0.25) is 4.79 Å². The number of alkyl halides is 1. The summed E-state index contributed by atoms with van der Waals surface area (Å²) in [5, 5.41) is 2.90. The highest BCUT2D eigenvalue weighted by Crippen LogP contribution is 2.12. The fourth-order valence-electron chi connectivity index (χ4n) is 1.78. The summed E-state index contributed by atoms with van der Waals surface area (Å²) in [6, 6.07) is 7.77. The fraction of sp³-hybridized carbons (Fsp3) is 0.533. The van der Waals surface area contributed by atoms with E-state index in [1.807, 2.05) is 24.3 Å². The van der Waals surface area contributed by atoms with Crippen molar-refractivity contribution in [2.45, 2.75) is 38.0 Å². The molecule has 0 bridgehead atoms. The maximum absolute atomic E-state index is 11.7. The summed E-state index contributed by atoms with van der Waals surface area (Å²) >= 11 is 6.05. The highest BCUT2D eigenvalue weighted by molar-refractivity contribution is 6.20. The molecule has 0 aliphatic rings. The van der Waals surface area contributed by atoms with Gasteiger partial charge in [0.2, 0.25) is 5.91 Å². The van der Waals surface area contributed by atoms with E-state index in [9.17, 15) is 4.79 Å². The molecule has 0 spiro atoms. The van der Waals surface area contributed by atoms with Crippen molar-refractivity contribution in [2.75, 3.05) is 13.7 Å². The van der Waals surface area contributed by atoms with E-state index < -0.39 is 0 Å². The minimum absolute atomic E-state index is 0.0370. The van der Waals surface area contributed by atoms with Gasteiger partial charge in [0.1, 0.15) is 5.75 Å². The molecule has 0 radical (unpaired) electrons. The molecule has 0 fully saturated rings. The first-order chi connectivity index (χ1) is 9.15. The fourth-order valence-corrected chi connectivity index (χ4v) is 2.07. The van der Waals surface area contributed by atoms with E-state index in [0.717, 1.165) is 30.6 Å². The number of carbonyl (C=O) groups is 1. The standard InChI is InChI=1S/C15H22ClNO2/c1-3-4-13(16)11-17-15(18)10-7-12-5-8-14(19-2)9-6-12/h5-6,8-9,13H,3-4,7,10-11H2,1-2H3,(H,17,18). The van der Waals surface area contributed by atoms with Crippen molar-refractivity contribution in [3.8, 4) is 5.75 Å². The molecule has 0 aliphatic heterocycles. The first-order valence-electron chi connectivity index (χ1n) is 6.69. The first-order valence-corrected chi connectivity index (χ1v) is 7.13. The minimum Gasteiger partial charge on any atom is -0.497 e. The summed E-state index contributed by atoms with van der Waals surface area (Å²) in [5.74, 6) is 0.885. The zero-order chi connectivity index (χ0) is 14.1. The Hall–Kier alpha value is -1.22. The number of ether oxygens (including phenoxy) is 1. The number of hydrogen-bond acceptors (Lipinski definition) is 2. The molecule has 4 heteroatoms.